The van der Waals surface area contributed by atoms with E-state index in [9.17, 15) is 14.0 Å². The molecule has 0 radical (unpaired) electrons. The molecule has 1 amide bonds. The summed E-state index contributed by atoms with van der Waals surface area (Å²) in [6.07, 6.45) is 0. The lowest BCUT2D eigenvalue weighted by molar-refractivity contribution is -0.119. The highest BCUT2D eigenvalue weighted by Crippen LogP contribution is 2.23. The van der Waals surface area contributed by atoms with Gasteiger partial charge in [-0.1, -0.05) is 0 Å². The number of rotatable bonds is 4. The first-order valence-electron chi connectivity index (χ1n) is 6.86. The van der Waals surface area contributed by atoms with Gasteiger partial charge in [-0.25, -0.2) is 9.18 Å². The summed E-state index contributed by atoms with van der Waals surface area (Å²) in [5.41, 5.74) is 2.79. The highest BCUT2D eigenvalue weighted by molar-refractivity contribution is 14.1. The predicted octanol–water partition coefficient (Wildman–Crippen LogP) is 3.84. The van der Waals surface area contributed by atoms with Crippen LogP contribution in [0.25, 0.3) is 0 Å². The van der Waals surface area contributed by atoms with Crippen LogP contribution in [0, 0.1) is 23.2 Å². The molecular formula is C17H15FINO3. The summed E-state index contributed by atoms with van der Waals surface area (Å²) in [5.74, 6) is -1.53. The van der Waals surface area contributed by atoms with Gasteiger partial charge in [0.1, 0.15) is 5.82 Å². The summed E-state index contributed by atoms with van der Waals surface area (Å²) < 4.78 is 18.8. The van der Waals surface area contributed by atoms with E-state index in [4.69, 9.17) is 4.74 Å². The number of nitrogens with one attached hydrogen (secondary N) is 1. The van der Waals surface area contributed by atoms with Crippen molar-refractivity contribution in [1.29, 1.82) is 0 Å². The van der Waals surface area contributed by atoms with Gasteiger partial charge in [-0.3, -0.25) is 4.79 Å². The quantitative estimate of drug-likeness (QED) is 0.596. The average molecular weight is 427 g/mol. The lowest BCUT2D eigenvalue weighted by Crippen LogP contribution is -2.22. The Kier molecular flexibility index (Phi) is 5.70. The van der Waals surface area contributed by atoms with Crippen molar-refractivity contribution in [1.82, 2.24) is 0 Å². The monoisotopic (exact) mass is 427 g/mol. The summed E-state index contributed by atoms with van der Waals surface area (Å²) in [4.78, 5) is 23.7. The molecule has 2 aromatic carbocycles. The molecule has 2 aromatic rings. The van der Waals surface area contributed by atoms with E-state index in [0.29, 0.717) is 5.69 Å². The van der Waals surface area contributed by atoms with Crippen molar-refractivity contribution < 1.29 is 18.7 Å². The number of hydrogen-bond acceptors (Lipinski definition) is 3. The van der Waals surface area contributed by atoms with Crippen molar-refractivity contribution in [2.24, 2.45) is 0 Å². The zero-order valence-electron chi connectivity index (χ0n) is 12.7. The third-order valence-electron chi connectivity index (χ3n) is 3.18. The second-order valence-corrected chi connectivity index (χ2v) is 6.29. The fourth-order valence-corrected chi connectivity index (χ4v) is 3.02. The van der Waals surface area contributed by atoms with Crippen LogP contribution in [0.2, 0.25) is 0 Å². The normalized spacial score (nSPS) is 10.3. The SMILES string of the molecule is Cc1cc(I)cc(C)c1NC(=O)COC(=O)c1ccc(F)cc1. The van der Waals surface area contributed by atoms with Crippen molar-refractivity contribution in [2.75, 3.05) is 11.9 Å². The molecule has 2 rings (SSSR count). The fourth-order valence-electron chi connectivity index (χ4n) is 2.08. The maximum atomic E-state index is 12.8. The lowest BCUT2D eigenvalue weighted by Gasteiger charge is -2.12. The first kappa shape index (κ1) is 17.4. The number of carbonyl (C=O) groups excluding carboxylic acids is 2. The molecule has 0 unspecified atom stereocenters. The van der Waals surface area contributed by atoms with E-state index in [1.807, 2.05) is 26.0 Å². The first-order valence-corrected chi connectivity index (χ1v) is 7.94. The molecule has 0 saturated heterocycles. The molecule has 0 bridgehead atoms. The maximum absolute atomic E-state index is 12.8. The molecule has 0 atom stereocenters. The predicted molar refractivity (Wildman–Crippen MR) is 93.9 cm³/mol. The third kappa shape index (κ3) is 4.75. The summed E-state index contributed by atoms with van der Waals surface area (Å²) in [6, 6.07) is 8.84. The Morgan fingerprint density at radius 2 is 1.70 bits per heavy atom. The van der Waals surface area contributed by atoms with Crippen LogP contribution in [-0.2, 0) is 9.53 Å². The van der Waals surface area contributed by atoms with Gasteiger partial charge >= 0.3 is 5.97 Å². The summed E-state index contributed by atoms with van der Waals surface area (Å²) in [6.45, 7) is 3.39. The Labute approximate surface area is 147 Å². The van der Waals surface area contributed by atoms with Crippen LogP contribution in [0.1, 0.15) is 21.5 Å². The Balaban J connectivity index is 1.95. The number of amides is 1. The second-order valence-electron chi connectivity index (χ2n) is 5.05. The van der Waals surface area contributed by atoms with E-state index >= 15 is 0 Å². The smallest absolute Gasteiger partial charge is 0.338 e. The number of anilines is 1. The fraction of sp³-hybridized carbons (Fsp3) is 0.176. The van der Waals surface area contributed by atoms with Crippen LogP contribution in [0.5, 0.6) is 0 Å². The van der Waals surface area contributed by atoms with Gasteiger partial charge in [-0.15, -0.1) is 0 Å². The van der Waals surface area contributed by atoms with Crippen molar-refractivity contribution in [3.63, 3.8) is 0 Å². The van der Waals surface area contributed by atoms with Crippen LogP contribution in [0.3, 0.4) is 0 Å². The van der Waals surface area contributed by atoms with Gasteiger partial charge < -0.3 is 10.1 Å². The third-order valence-corrected chi connectivity index (χ3v) is 3.80. The minimum Gasteiger partial charge on any atom is -0.452 e. The molecule has 0 aliphatic heterocycles. The number of halogens is 2. The molecule has 0 fully saturated rings. The molecule has 0 aliphatic carbocycles. The Morgan fingerprint density at radius 3 is 2.26 bits per heavy atom. The van der Waals surface area contributed by atoms with Crippen molar-refractivity contribution in [2.45, 2.75) is 13.8 Å². The molecular weight excluding hydrogens is 412 g/mol. The summed E-state index contributed by atoms with van der Waals surface area (Å²) >= 11 is 2.21. The summed E-state index contributed by atoms with van der Waals surface area (Å²) in [7, 11) is 0. The van der Waals surface area contributed by atoms with E-state index in [0.717, 1.165) is 26.8 Å². The molecule has 23 heavy (non-hydrogen) atoms. The Bertz CT molecular complexity index is 721. The van der Waals surface area contributed by atoms with Gasteiger partial charge in [0, 0.05) is 9.26 Å². The minimum atomic E-state index is -0.670. The van der Waals surface area contributed by atoms with E-state index in [-0.39, 0.29) is 5.56 Å². The zero-order chi connectivity index (χ0) is 17.0. The highest BCUT2D eigenvalue weighted by Gasteiger charge is 2.12. The van der Waals surface area contributed by atoms with Crippen molar-refractivity contribution >= 4 is 40.2 Å². The van der Waals surface area contributed by atoms with Crippen LogP contribution in [0.15, 0.2) is 36.4 Å². The molecule has 4 nitrogen and oxygen atoms in total. The van der Waals surface area contributed by atoms with Gasteiger partial charge in [-0.2, -0.15) is 0 Å². The molecule has 120 valence electrons. The minimum absolute atomic E-state index is 0.195. The maximum Gasteiger partial charge on any atom is 0.338 e. The number of hydrogen-bond donors (Lipinski definition) is 1. The topological polar surface area (TPSA) is 55.4 Å². The number of benzene rings is 2. The van der Waals surface area contributed by atoms with E-state index in [1.54, 1.807) is 0 Å². The molecule has 0 aromatic heterocycles. The van der Waals surface area contributed by atoms with Gasteiger partial charge in [0.15, 0.2) is 6.61 Å². The van der Waals surface area contributed by atoms with Gasteiger partial charge in [-0.05, 0) is 84.0 Å². The van der Waals surface area contributed by atoms with Gasteiger partial charge in [0.25, 0.3) is 5.91 Å². The highest BCUT2D eigenvalue weighted by atomic mass is 127. The van der Waals surface area contributed by atoms with E-state index < -0.39 is 24.3 Å². The number of esters is 1. The van der Waals surface area contributed by atoms with E-state index in [1.165, 1.54) is 12.1 Å². The second kappa shape index (κ2) is 7.54. The summed E-state index contributed by atoms with van der Waals surface area (Å²) in [5, 5.41) is 2.74. The van der Waals surface area contributed by atoms with Gasteiger partial charge in [0.05, 0.1) is 5.56 Å². The van der Waals surface area contributed by atoms with Crippen LogP contribution in [0.4, 0.5) is 10.1 Å². The van der Waals surface area contributed by atoms with Crippen LogP contribution >= 0.6 is 22.6 Å². The molecule has 0 heterocycles. The van der Waals surface area contributed by atoms with E-state index in [2.05, 4.69) is 27.9 Å². The number of aryl methyl sites for hydroxylation is 2. The number of ether oxygens (including phenoxy) is 1. The van der Waals surface area contributed by atoms with Crippen molar-refractivity contribution in [3.05, 3.63) is 62.5 Å². The molecule has 6 heteroatoms. The van der Waals surface area contributed by atoms with Crippen molar-refractivity contribution in [3.8, 4) is 0 Å². The first-order chi connectivity index (χ1) is 10.9. The van der Waals surface area contributed by atoms with Crippen LogP contribution < -0.4 is 5.32 Å². The molecule has 1 N–H and O–H groups in total. The number of carbonyl (C=O) groups is 2. The Hall–Kier alpha value is -1.96. The van der Waals surface area contributed by atoms with Crippen LogP contribution in [-0.4, -0.2) is 18.5 Å². The standard InChI is InChI=1S/C17H15FINO3/c1-10-7-14(19)8-11(2)16(10)20-15(21)9-23-17(22)12-3-5-13(18)6-4-12/h3-8H,9H2,1-2H3,(H,20,21). The zero-order valence-corrected chi connectivity index (χ0v) is 14.8. The molecule has 0 saturated carbocycles. The van der Waals surface area contributed by atoms with Gasteiger partial charge in [0.2, 0.25) is 0 Å². The molecule has 0 aliphatic rings. The lowest BCUT2D eigenvalue weighted by atomic mass is 10.1. The molecule has 0 spiro atoms. The largest absolute Gasteiger partial charge is 0.452 e. The Morgan fingerprint density at radius 1 is 1.13 bits per heavy atom. The average Bonchev–Trinajstić information content (AvgIpc) is 2.49.